The maximum Gasteiger partial charge on any atom is 0.227 e. The number of hydrogen-bond acceptors (Lipinski definition) is 5. The summed E-state index contributed by atoms with van der Waals surface area (Å²) in [6, 6.07) is 60.6. The molecule has 270 valence electrons. The van der Waals surface area contributed by atoms with Crippen LogP contribution in [0.5, 0.6) is 0 Å². The molecule has 0 aliphatic heterocycles. The maximum absolute atomic E-state index is 6.67. The lowest BCUT2D eigenvalue weighted by atomic mass is 9.82. The van der Waals surface area contributed by atoms with Crippen LogP contribution in [0.2, 0.25) is 0 Å². The lowest BCUT2D eigenvalue weighted by molar-refractivity contribution is 0.621. The first-order chi connectivity index (χ1) is 28.0. The molecule has 1 aliphatic carbocycles. The predicted octanol–water partition coefficient (Wildman–Crippen LogP) is 15.2. The summed E-state index contributed by atoms with van der Waals surface area (Å²) in [5.41, 5.74) is 14.6. The Kier molecular flexibility index (Phi) is 6.82. The lowest BCUT2D eigenvalue weighted by Crippen LogP contribution is -2.16. The first kappa shape index (κ1) is 32.3. The van der Waals surface area contributed by atoms with E-state index in [1.807, 2.05) is 59.9 Å². The quantitative estimate of drug-likeness (QED) is 0.176. The number of fused-ring (bicyclic) bond motifs is 10. The van der Waals surface area contributed by atoms with Crippen LogP contribution < -0.4 is 4.90 Å². The van der Waals surface area contributed by atoms with E-state index in [0.29, 0.717) is 5.89 Å². The highest BCUT2D eigenvalue weighted by Crippen LogP contribution is 2.51. The minimum atomic E-state index is -0.125. The van der Waals surface area contributed by atoms with Crippen LogP contribution in [0.3, 0.4) is 0 Å². The predicted molar refractivity (Wildman–Crippen MR) is 237 cm³/mol. The monoisotopic (exact) mass is 750 g/mol. The summed E-state index contributed by atoms with van der Waals surface area (Å²) in [5, 5.41) is 4.65. The van der Waals surface area contributed by atoms with Gasteiger partial charge in [-0.05, 0) is 88.5 Å². The number of oxazole rings is 1. The van der Waals surface area contributed by atoms with Gasteiger partial charge >= 0.3 is 0 Å². The average molecular weight is 751 g/mol. The molecule has 0 fully saturated rings. The van der Waals surface area contributed by atoms with Crippen molar-refractivity contribution in [3.8, 4) is 33.7 Å². The topological polar surface area (TPSA) is 42.4 Å². The Morgan fingerprint density at radius 3 is 2.07 bits per heavy atom. The molecule has 0 atom stereocenters. The number of furan rings is 1. The van der Waals surface area contributed by atoms with E-state index >= 15 is 0 Å². The Morgan fingerprint density at radius 1 is 0.509 bits per heavy atom. The van der Waals surface area contributed by atoms with Crippen LogP contribution in [0, 0.1) is 0 Å². The molecule has 0 saturated carbocycles. The summed E-state index contributed by atoms with van der Waals surface area (Å²) in [5.74, 6) is 0.588. The van der Waals surface area contributed by atoms with Crippen LogP contribution in [0.15, 0.2) is 179 Å². The van der Waals surface area contributed by atoms with E-state index in [1.54, 1.807) is 0 Å². The molecular formula is C52H34N2O2S. The van der Waals surface area contributed by atoms with E-state index in [-0.39, 0.29) is 5.41 Å². The molecular weight excluding hydrogens is 717 g/mol. The molecule has 11 aromatic rings. The minimum absolute atomic E-state index is 0.125. The minimum Gasteiger partial charge on any atom is -0.456 e. The van der Waals surface area contributed by atoms with Crippen molar-refractivity contribution >= 4 is 81.6 Å². The Morgan fingerprint density at radius 2 is 1.19 bits per heavy atom. The van der Waals surface area contributed by atoms with Crippen molar-refractivity contribution in [2.24, 2.45) is 0 Å². The molecule has 8 aromatic carbocycles. The van der Waals surface area contributed by atoms with Crippen molar-refractivity contribution in [2.45, 2.75) is 19.3 Å². The fourth-order valence-electron chi connectivity index (χ4n) is 9.16. The largest absolute Gasteiger partial charge is 0.456 e. The number of aromatic nitrogens is 1. The Balaban J connectivity index is 1.05. The van der Waals surface area contributed by atoms with Gasteiger partial charge in [0.05, 0.1) is 0 Å². The number of para-hydroxylation sites is 1. The Bertz CT molecular complexity index is 3390. The number of nitrogens with zero attached hydrogens (tertiary/aromatic N) is 2. The van der Waals surface area contributed by atoms with Gasteiger partial charge in [-0.3, -0.25) is 0 Å². The summed E-state index contributed by atoms with van der Waals surface area (Å²) >= 11 is 1.85. The number of hydrogen-bond donors (Lipinski definition) is 0. The van der Waals surface area contributed by atoms with E-state index in [2.05, 4.69) is 140 Å². The lowest BCUT2D eigenvalue weighted by Gasteiger charge is -2.28. The zero-order chi connectivity index (χ0) is 37.8. The Labute approximate surface area is 332 Å². The second-order valence-electron chi connectivity index (χ2n) is 15.5. The maximum atomic E-state index is 6.67. The molecule has 4 nitrogen and oxygen atoms in total. The van der Waals surface area contributed by atoms with Crippen LogP contribution >= 0.6 is 11.3 Å². The van der Waals surface area contributed by atoms with Gasteiger partial charge in [0.15, 0.2) is 5.58 Å². The number of thiophene rings is 1. The summed E-state index contributed by atoms with van der Waals surface area (Å²) < 4.78 is 15.7. The van der Waals surface area contributed by atoms with E-state index in [4.69, 9.17) is 13.8 Å². The second kappa shape index (κ2) is 12.0. The molecule has 3 aromatic heterocycles. The van der Waals surface area contributed by atoms with Crippen molar-refractivity contribution in [1.82, 2.24) is 4.98 Å². The standard InChI is InChI=1S/C52H34N2O2S/c1-52(2)41-17-9-6-14-36(41)37-26-24-34(28-42(37)52)54(35-25-27-39-38-15-8-11-19-46(38)57-47(39)29-35)33-22-20-31(21-23-33)48-49-40-16-7-10-18-44(40)55-45(49)30-43-50(48)56-51(53-43)32-12-4-3-5-13-32/h3-30H,1-2H3. The van der Waals surface area contributed by atoms with Gasteiger partial charge in [0.25, 0.3) is 0 Å². The third-order valence-corrected chi connectivity index (χ3v) is 13.0. The molecule has 0 radical (unpaired) electrons. The molecule has 1 aliphatic rings. The zero-order valence-corrected chi connectivity index (χ0v) is 32.1. The van der Waals surface area contributed by atoms with Crippen molar-refractivity contribution in [2.75, 3.05) is 4.90 Å². The van der Waals surface area contributed by atoms with E-state index < -0.39 is 0 Å². The van der Waals surface area contributed by atoms with Crippen molar-refractivity contribution < 1.29 is 8.83 Å². The van der Waals surface area contributed by atoms with Crippen LogP contribution in [-0.2, 0) is 5.41 Å². The Hall–Kier alpha value is -6.95. The number of rotatable bonds is 5. The smallest absolute Gasteiger partial charge is 0.227 e. The van der Waals surface area contributed by atoms with Crippen LogP contribution in [-0.4, -0.2) is 4.98 Å². The van der Waals surface area contributed by atoms with Gasteiger partial charge < -0.3 is 13.7 Å². The molecule has 0 saturated heterocycles. The normalized spacial score (nSPS) is 13.2. The second-order valence-corrected chi connectivity index (χ2v) is 16.6. The van der Waals surface area contributed by atoms with Gasteiger partial charge in [-0.15, -0.1) is 11.3 Å². The van der Waals surface area contributed by atoms with Crippen molar-refractivity contribution in [3.05, 3.63) is 181 Å². The highest BCUT2D eigenvalue weighted by atomic mass is 32.1. The van der Waals surface area contributed by atoms with Gasteiger partial charge in [-0.2, -0.15) is 0 Å². The number of anilines is 3. The van der Waals surface area contributed by atoms with E-state index in [1.165, 1.54) is 42.4 Å². The van der Waals surface area contributed by atoms with Crippen LogP contribution in [0.1, 0.15) is 25.0 Å². The fourth-order valence-corrected chi connectivity index (χ4v) is 10.3. The summed E-state index contributed by atoms with van der Waals surface area (Å²) in [4.78, 5) is 7.38. The van der Waals surface area contributed by atoms with Crippen molar-refractivity contribution in [1.29, 1.82) is 0 Å². The highest BCUT2D eigenvalue weighted by Gasteiger charge is 2.36. The first-order valence-electron chi connectivity index (χ1n) is 19.4. The van der Waals surface area contributed by atoms with Gasteiger partial charge in [-0.25, -0.2) is 4.98 Å². The van der Waals surface area contributed by atoms with Crippen molar-refractivity contribution in [3.63, 3.8) is 0 Å². The third kappa shape index (κ3) is 4.82. The van der Waals surface area contributed by atoms with Gasteiger partial charge in [0.1, 0.15) is 16.7 Å². The molecule has 0 spiro atoms. The molecule has 3 heterocycles. The summed E-state index contributed by atoms with van der Waals surface area (Å²) in [6.07, 6.45) is 0. The highest BCUT2D eigenvalue weighted by molar-refractivity contribution is 7.25. The average Bonchev–Trinajstić information content (AvgIpc) is 4.00. The van der Waals surface area contributed by atoms with Crippen LogP contribution in [0.4, 0.5) is 17.1 Å². The zero-order valence-electron chi connectivity index (χ0n) is 31.3. The summed E-state index contributed by atoms with van der Waals surface area (Å²) in [6.45, 7) is 4.69. The molecule has 0 unspecified atom stereocenters. The third-order valence-electron chi connectivity index (χ3n) is 11.9. The van der Waals surface area contributed by atoms with Crippen LogP contribution in [0.25, 0.3) is 86.9 Å². The summed E-state index contributed by atoms with van der Waals surface area (Å²) in [7, 11) is 0. The fraction of sp³-hybridized carbons (Fsp3) is 0.0577. The molecule has 0 N–H and O–H groups in total. The molecule has 0 amide bonds. The molecule has 12 rings (SSSR count). The van der Waals surface area contributed by atoms with Gasteiger partial charge in [-0.1, -0.05) is 117 Å². The van der Waals surface area contributed by atoms with E-state index in [0.717, 1.165) is 66.8 Å². The van der Waals surface area contributed by atoms with Gasteiger partial charge in [0, 0.05) is 70.6 Å². The van der Waals surface area contributed by atoms with Gasteiger partial charge in [0.2, 0.25) is 5.89 Å². The van der Waals surface area contributed by atoms with E-state index in [9.17, 15) is 0 Å². The first-order valence-corrected chi connectivity index (χ1v) is 20.2. The molecule has 0 bridgehead atoms. The SMILES string of the molecule is CC1(C)c2ccccc2-c2ccc(N(c3ccc(-c4c5oc(-c6ccccc6)nc5cc5oc6ccccc6c45)cc3)c3ccc4c(c3)sc3ccccc34)cc21. The molecule has 5 heteroatoms. The molecule has 57 heavy (non-hydrogen) atoms. The number of benzene rings is 8.